The van der Waals surface area contributed by atoms with Crippen LogP contribution < -0.4 is 10.6 Å². The molecule has 0 bridgehead atoms. The van der Waals surface area contributed by atoms with Gasteiger partial charge in [-0.15, -0.1) is 0 Å². The molecule has 3 N–H and O–H groups in total. The van der Waals surface area contributed by atoms with Gasteiger partial charge in [0.1, 0.15) is 0 Å². The van der Waals surface area contributed by atoms with Gasteiger partial charge in [-0.2, -0.15) is 5.10 Å². The van der Waals surface area contributed by atoms with Gasteiger partial charge in [-0.25, -0.2) is 0 Å². The average Bonchev–Trinajstić information content (AvgIpc) is 3.30. The van der Waals surface area contributed by atoms with Crippen molar-refractivity contribution in [1.82, 2.24) is 15.1 Å². The molecule has 0 atom stereocenters. The molecule has 4 rings (SSSR count). The number of anilines is 1. The summed E-state index contributed by atoms with van der Waals surface area (Å²) in [4.78, 5) is 0. The van der Waals surface area contributed by atoms with E-state index in [1.165, 1.54) is 18.4 Å². The predicted molar refractivity (Wildman–Crippen MR) is 121 cm³/mol. The van der Waals surface area contributed by atoms with Gasteiger partial charge in [0.25, 0.3) is 0 Å². The van der Waals surface area contributed by atoms with Crippen LogP contribution in [0.5, 0.6) is 0 Å². The van der Waals surface area contributed by atoms with Crippen molar-refractivity contribution in [2.24, 2.45) is 0 Å². The van der Waals surface area contributed by atoms with E-state index in [9.17, 15) is 0 Å². The Bertz CT molecular complexity index is 888. The normalized spacial score (nSPS) is 21.1. The van der Waals surface area contributed by atoms with Crippen LogP contribution in [0.4, 0.5) is 5.69 Å². The summed E-state index contributed by atoms with van der Waals surface area (Å²) in [5.41, 5.74) is 5.30. The van der Waals surface area contributed by atoms with Crippen molar-refractivity contribution in [3.63, 3.8) is 0 Å². The highest BCUT2D eigenvalue weighted by Crippen LogP contribution is 2.38. The molecule has 0 amide bonds. The molecule has 1 aliphatic carbocycles. The Morgan fingerprint density at radius 2 is 1.86 bits per heavy atom. The lowest BCUT2D eigenvalue weighted by molar-refractivity contribution is 0.127. The minimum Gasteiger partial charge on any atom is -0.382 e. The van der Waals surface area contributed by atoms with Crippen molar-refractivity contribution in [3.8, 4) is 11.3 Å². The number of benzene rings is 1. The van der Waals surface area contributed by atoms with E-state index in [1.54, 1.807) is 0 Å². The van der Waals surface area contributed by atoms with Crippen molar-refractivity contribution in [2.45, 2.75) is 89.9 Å². The van der Waals surface area contributed by atoms with Crippen molar-refractivity contribution in [1.29, 1.82) is 5.41 Å². The molecule has 2 aliphatic rings. The maximum atomic E-state index is 8.35. The first kappa shape index (κ1) is 20.1. The molecule has 5 heteroatoms. The second-order valence-electron chi connectivity index (χ2n) is 10.1. The van der Waals surface area contributed by atoms with Gasteiger partial charge in [-0.05, 0) is 71.9 Å². The van der Waals surface area contributed by atoms with Gasteiger partial charge in [-0.3, -0.25) is 4.68 Å². The molecule has 1 saturated heterocycles. The predicted octanol–water partition coefficient (Wildman–Crippen LogP) is 5.38. The lowest BCUT2D eigenvalue weighted by Gasteiger charge is -2.46. The van der Waals surface area contributed by atoms with Crippen LogP contribution in [0.15, 0.2) is 30.5 Å². The Hall–Kier alpha value is -2.14. The van der Waals surface area contributed by atoms with E-state index >= 15 is 0 Å². The standard InChI is InChI=1S/C24H35N5/c1-6-20(25)19-10-7-16(13-21(19)27-17-8-9-17)22-11-12-26-29(22)18-14-23(2,3)28-24(4,5)15-18/h7,10-13,17-18,25,27-28H,6,8-9,14-15H2,1-5H3. The van der Waals surface area contributed by atoms with Crippen LogP contribution in [0.1, 0.15) is 78.3 Å². The SMILES string of the molecule is CCC(=N)c1ccc(-c2ccnn2C2CC(C)(C)NC(C)(C)C2)cc1NC1CC1. The monoisotopic (exact) mass is 393 g/mol. The summed E-state index contributed by atoms with van der Waals surface area (Å²) in [7, 11) is 0. The molecule has 2 heterocycles. The number of nitrogens with one attached hydrogen (secondary N) is 3. The van der Waals surface area contributed by atoms with Crippen LogP contribution in [0.25, 0.3) is 11.3 Å². The van der Waals surface area contributed by atoms with Gasteiger partial charge in [0, 0.05) is 45.8 Å². The number of piperidine rings is 1. The van der Waals surface area contributed by atoms with E-state index in [4.69, 9.17) is 10.5 Å². The highest BCUT2D eigenvalue weighted by Gasteiger charge is 2.39. The summed E-state index contributed by atoms with van der Waals surface area (Å²) >= 11 is 0. The zero-order valence-corrected chi connectivity index (χ0v) is 18.5. The van der Waals surface area contributed by atoms with Crippen LogP contribution in [0, 0.1) is 5.41 Å². The maximum absolute atomic E-state index is 8.35. The van der Waals surface area contributed by atoms with E-state index in [0.717, 1.165) is 36.2 Å². The Balaban J connectivity index is 1.70. The summed E-state index contributed by atoms with van der Waals surface area (Å²) in [6.45, 7) is 11.2. The zero-order chi connectivity index (χ0) is 20.8. The molecule has 2 fully saturated rings. The Morgan fingerprint density at radius 1 is 1.17 bits per heavy atom. The number of hydrogen-bond donors (Lipinski definition) is 3. The molecule has 1 aromatic heterocycles. The molecule has 0 radical (unpaired) electrons. The zero-order valence-electron chi connectivity index (χ0n) is 18.5. The highest BCUT2D eigenvalue weighted by molar-refractivity contribution is 6.03. The summed E-state index contributed by atoms with van der Waals surface area (Å²) < 4.78 is 2.23. The minimum absolute atomic E-state index is 0.0778. The fourth-order valence-corrected chi connectivity index (χ4v) is 5.00. The fraction of sp³-hybridized carbons (Fsp3) is 0.583. The van der Waals surface area contributed by atoms with Crippen molar-refractivity contribution >= 4 is 11.4 Å². The first-order chi connectivity index (χ1) is 13.7. The Morgan fingerprint density at radius 3 is 2.48 bits per heavy atom. The third-order valence-corrected chi connectivity index (χ3v) is 6.12. The van der Waals surface area contributed by atoms with E-state index in [2.05, 4.69) is 67.3 Å². The smallest absolute Gasteiger partial charge is 0.0686 e. The molecule has 2 aromatic rings. The molecular formula is C24H35N5. The third-order valence-electron chi connectivity index (χ3n) is 6.12. The lowest BCUT2D eigenvalue weighted by atomic mass is 9.79. The van der Waals surface area contributed by atoms with Crippen molar-refractivity contribution in [3.05, 3.63) is 36.0 Å². The van der Waals surface area contributed by atoms with Crippen LogP contribution in [0.3, 0.4) is 0 Å². The van der Waals surface area contributed by atoms with Crippen LogP contribution in [-0.4, -0.2) is 32.6 Å². The lowest BCUT2D eigenvalue weighted by Crippen LogP contribution is -2.58. The molecular weight excluding hydrogens is 358 g/mol. The Labute approximate surface area is 174 Å². The molecule has 0 spiro atoms. The second kappa shape index (κ2) is 7.28. The maximum Gasteiger partial charge on any atom is 0.0686 e. The van der Waals surface area contributed by atoms with Crippen LogP contribution >= 0.6 is 0 Å². The van der Waals surface area contributed by atoms with Crippen molar-refractivity contribution in [2.75, 3.05) is 5.32 Å². The molecule has 29 heavy (non-hydrogen) atoms. The molecule has 0 unspecified atom stereocenters. The molecule has 5 nitrogen and oxygen atoms in total. The fourth-order valence-electron chi connectivity index (χ4n) is 5.00. The average molecular weight is 394 g/mol. The van der Waals surface area contributed by atoms with Gasteiger partial charge in [0.2, 0.25) is 0 Å². The highest BCUT2D eigenvalue weighted by atomic mass is 15.3. The Kier molecular flexibility index (Phi) is 5.06. The number of aromatic nitrogens is 2. The summed E-state index contributed by atoms with van der Waals surface area (Å²) in [6.07, 6.45) is 7.22. The minimum atomic E-state index is 0.0778. The van der Waals surface area contributed by atoms with Gasteiger partial charge >= 0.3 is 0 Å². The molecule has 1 aromatic carbocycles. The second-order valence-corrected chi connectivity index (χ2v) is 10.1. The summed E-state index contributed by atoms with van der Waals surface area (Å²) in [5, 5.41) is 20.5. The molecule has 1 aliphatic heterocycles. The largest absolute Gasteiger partial charge is 0.382 e. The topological polar surface area (TPSA) is 65.7 Å². The van der Waals surface area contributed by atoms with Gasteiger partial charge in [0.15, 0.2) is 0 Å². The molecule has 156 valence electrons. The first-order valence-electron chi connectivity index (χ1n) is 11.0. The van der Waals surface area contributed by atoms with Crippen molar-refractivity contribution < 1.29 is 0 Å². The molecule has 1 saturated carbocycles. The third kappa shape index (κ3) is 4.40. The van der Waals surface area contributed by atoms with E-state index in [0.29, 0.717) is 17.8 Å². The van der Waals surface area contributed by atoms with Gasteiger partial charge < -0.3 is 16.0 Å². The summed E-state index contributed by atoms with van der Waals surface area (Å²) in [6, 6.07) is 9.54. The van der Waals surface area contributed by atoms with E-state index in [1.807, 2.05) is 13.1 Å². The quantitative estimate of drug-likeness (QED) is 0.577. The van der Waals surface area contributed by atoms with E-state index in [-0.39, 0.29) is 11.1 Å². The first-order valence-corrected chi connectivity index (χ1v) is 11.0. The van der Waals surface area contributed by atoms with Crippen LogP contribution in [0.2, 0.25) is 0 Å². The van der Waals surface area contributed by atoms with Crippen LogP contribution in [-0.2, 0) is 0 Å². The summed E-state index contributed by atoms with van der Waals surface area (Å²) in [5.74, 6) is 0. The number of nitrogens with zero attached hydrogens (tertiary/aromatic N) is 2. The van der Waals surface area contributed by atoms with E-state index < -0.39 is 0 Å². The number of rotatable bonds is 6. The van der Waals surface area contributed by atoms with Gasteiger partial charge in [0.05, 0.1) is 11.7 Å². The number of hydrogen-bond acceptors (Lipinski definition) is 4. The van der Waals surface area contributed by atoms with Gasteiger partial charge in [-0.1, -0.05) is 19.1 Å².